The highest BCUT2D eigenvalue weighted by atomic mass is 16.1. The van der Waals surface area contributed by atoms with Crippen LogP contribution in [0.4, 0.5) is 0 Å². The number of aryl methyl sites for hydroxylation is 1. The third kappa shape index (κ3) is 2.09. The van der Waals surface area contributed by atoms with Crippen LogP contribution < -0.4 is 10.9 Å². The molecule has 104 valence electrons. The number of nitrogens with zero attached hydrogens (tertiary/aromatic N) is 2. The van der Waals surface area contributed by atoms with E-state index >= 15 is 0 Å². The number of amides is 1. The van der Waals surface area contributed by atoms with Gasteiger partial charge >= 0.3 is 0 Å². The largest absolute Gasteiger partial charge is 0.352 e. The standard InChI is InChI=1S/C15H17N3O2/c1-2-7-16-14(19)10-5-6-11-12(9-10)17-13-4-3-8-18(13)15(11)20/h5-6,9H,2-4,7-8H2,1H3,(H,16,19). The van der Waals surface area contributed by atoms with Gasteiger partial charge in [-0.05, 0) is 31.0 Å². The van der Waals surface area contributed by atoms with E-state index in [0.717, 1.165) is 31.6 Å². The smallest absolute Gasteiger partial charge is 0.261 e. The summed E-state index contributed by atoms with van der Waals surface area (Å²) in [5, 5.41) is 3.42. The van der Waals surface area contributed by atoms with Gasteiger partial charge in [-0.3, -0.25) is 14.2 Å². The lowest BCUT2D eigenvalue weighted by molar-refractivity contribution is 0.0954. The van der Waals surface area contributed by atoms with Crippen molar-refractivity contribution in [2.24, 2.45) is 0 Å². The Kier molecular flexibility index (Phi) is 3.26. The molecule has 0 aliphatic carbocycles. The summed E-state index contributed by atoms with van der Waals surface area (Å²) < 4.78 is 1.74. The topological polar surface area (TPSA) is 64.0 Å². The molecule has 0 saturated heterocycles. The molecule has 0 bridgehead atoms. The lowest BCUT2D eigenvalue weighted by atomic mass is 10.1. The minimum atomic E-state index is -0.115. The van der Waals surface area contributed by atoms with E-state index in [1.807, 2.05) is 6.92 Å². The number of hydrogen-bond donors (Lipinski definition) is 1. The summed E-state index contributed by atoms with van der Waals surface area (Å²) in [6, 6.07) is 5.11. The normalized spacial score (nSPS) is 13.4. The Morgan fingerprint density at radius 3 is 3.10 bits per heavy atom. The lowest BCUT2D eigenvalue weighted by Crippen LogP contribution is -2.24. The van der Waals surface area contributed by atoms with Crippen molar-refractivity contribution in [2.45, 2.75) is 32.7 Å². The molecule has 0 radical (unpaired) electrons. The molecule has 1 aliphatic heterocycles. The molecule has 5 nitrogen and oxygen atoms in total. The first-order chi connectivity index (χ1) is 9.70. The predicted octanol–water partition coefficient (Wildman–Crippen LogP) is 1.48. The highest BCUT2D eigenvalue weighted by molar-refractivity contribution is 5.97. The zero-order valence-electron chi connectivity index (χ0n) is 11.5. The fourth-order valence-corrected chi connectivity index (χ4v) is 2.57. The second kappa shape index (κ2) is 5.07. The van der Waals surface area contributed by atoms with Crippen molar-refractivity contribution in [3.63, 3.8) is 0 Å². The van der Waals surface area contributed by atoms with E-state index in [0.29, 0.717) is 23.0 Å². The van der Waals surface area contributed by atoms with Crippen LogP contribution in [0, 0.1) is 0 Å². The minimum absolute atomic E-state index is 0.00279. The maximum atomic E-state index is 12.3. The summed E-state index contributed by atoms with van der Waals surface area (Å²) in [7, 11) is 0. The van der Waals surface area contributed by atoms with Gasteiger partial charge in [0.25, 0.3) is 11.5 Å². The zero-order valence-corrected chi connectivity index (χ0v) is 11.5. The van der Waals surface area contributed by atoms with Crippen LogP contribution in [0.5, 0.6) is 0 Å². The first-order valence-electron chi connectivity index (χ1n) is 7.02. The van der Waals surface area contributed by atoms with Gasteiger partial charge in [-0.15, -0.1) is 0 Å². The number of benzene rings is 1. The summed E-state index contributed by atoms with van der Waals surface area (Å²) >= 11 is 0. The Balaban J connectivity index is 2.06. The van der Waals surface area contributed by atoms with Gasteiger partial charge in [0.1, 0.15) is 5.82 Å². The maximum absolute atomic E-state index is 12.3. The Labute approximate surface area is 116 Å². The predicted molar refractivity (Wildman–Crippen MR) is 76.9 cm³/mol. The first kappa shape index (κ1) is 12.8. The molecule has 20 heavy (non-hydrogen) atoms. The third-order valence-electron chi connectivity index (χ3n) is 3.61. The van der Waals surface area contributed by atoms with Crippen LogP contribution in [-0.2, 0) is 13.0 Å². The van der Waals surface area contributed by atoms with Crippen LogP contribution in [0.3, 0.4) is 0 Å². The molecule has 2 heterocycles. The Bertz CT molecular complexity index is 734. The fourth-order valence-electron chi connectivity index (χ4n) is 2.57. The third-order valence-corrected chi connectivity index (χ3v) is 3.61. The number of carbonyl (C=O) groups excluding carboxylic acids is 1. The summed E-state index contributed by atoms with van der Waals surface area (Å²) in [4.78, 5) is 28.8. The van der Waals surface area contributed by atoms with Crippen LogP contribution in [0.1, 0.15) is 35.9 Å². The van der Waals surface area contributed by atoms with Gasteiger partial charge in [-0.2, -0.15) is 0 Å². The van der Waals surface area contributed by atoms with E-state index in [1.54, 1.807) is 22.8 Å². The quantitative estimate of drug-likeness (QED) is 0.919. The molecule has 0 fully saturated rings. The van der Waals surface area contributed by atoms with Gasteiger partial charge in [0, 0.05) is 25.1 Å². The number of hydrogen-bond acceptors (Lipinski definition) is 3. The molecule has 1 amide bonds. The highest BCUT2D eigenvalue weighted by Crippen LogP contribution is 2.16. The van der Waals surface area contributed by atoms with Gasteiger partial charge in [0.05, 0.1) is 10.9 Å². The molecule has 3 rings (SSSR count). The minimum Gasteiger partial charge on any atom is -0.352 e. The van der Waals surface area contributed by atoms with E-state index in [-0.39, 0.29) is 11.5 Å². The summed E-state index contributed by atoms with van der Waals surface area (Å²) in [5.74, 6) is 0.713. The molecule has 1 aromatic heterocycles. The zero-order chi connectivity index (χ0) is 14.1. The van der Waals surface area contributed by atoms with Crippen molar-refractivity contribution >= 4 is 16.8 Å². The van der Waals surface area contributed by atoms with Crippen molar-refractivity contribution in [1.82, 2.24) is 14.9 Å². The van der Waals surface area contributed by atoms with Crippen molar-refractivity contribution in [3.8, 4) is 0 Å². The summed E-state index contributed by atoms with van der Waals surface area (Å²) in [5.41, 5.74) is 1.18. The monoisotopic (exact) mass is 271 g/mol. The van der Waals surface area contributed by atoms with Gasteiger partial charge in [-0.1, -0.05) is 6.92 Å². The summed E-state index contributed by atoms with van der Waals surface area (Å²) in [6.45, 7) is 3.40. The average Bonchev–Trinajstić information content (AvgIpc) is 2.93. The molecular formula is C15H17N3O2. The Hall–Kier alpha value is -2.17. The second-order valence-electron chi connectivity index (χ2n) is 5.08. The first-order valence-corrected chi connectivity index (χ1v) is 7.02. The molecule has 1 aromatic carbocycles. The highest BCUT2D eigenvalue weighted by Gasteiger charge is 2.16. The maximum Gasteiger partial charge on any atom is 0.261 e. The average molecular weight is 271 g/mol. The number of aromatic nitrogens is 2. The van der Waals surface area contributed by atoms with E-state index in [4.69, 9.17) is 0 Å². The van der Waals surface area contributed by atoms with E-state index in [9.17, 15) is 9.59 Å². The fraction of sp³-hybridized carbons (Fsp3) is 0.400. The molecule has 5 heteroatoms. The van der Waals surface area contributed by atoms with Crippen LogP contribution in [0.25, 0.3) is 10.9 Å². The van der Waals surface area contributed by atoms with Crippen LogP contribution in [0.2, 0.25) is 0 Å². The van der Waals surface area contributed by atoms with Crippen molar-refractivity contribution in [2.75, 3.05) is 6.54 Å². The lowest BCUT2D eigenvalue weighted by Gasteiger charge is -2.07. The number of rotatable bonds is 3. The van der Waals surface area contributed by atoms with Gasteiger partial charge in [0.2, 0.25) is 0 Å². The number of carbonyl (C=O) groups is 1. The molecule has 0 unspecified atom stereocenters. The molecule has 0 spiro atoms. The van der Waals surface area contributed by atoms with Crippen molar-refractivity contribution < 1.29 is 4.79 Å². The summed E-state index contributed by atoms with van der Waals surface area (Å²) in [6.07, 6.45) is 2.69. The van der Waals surface area contributed by atoms with Crippen LogP contribution in [-0.4, -0.2) is 22.0 Å². The van der Waals surface area contributed by atoms with E-state index in [2.05, 4.69) is 10.3 Å². The van der Waals surface area contributed by atoms with Crippen LogP contribution >= 0.6 is 0 Å². The van der Waals surface area contributed by atoms with Gasteiger partial charge < -0.3 is 5.32 Å². The van der Waals surface area contributed by atoms with Crippen molar-refractivity contribution in [1.29, 1.82) is 0 Å². The molecule has 2 aromatic rings. The van der Waals surface area contributed by atoms with Crippen molar-refractivity contribution in [3.05, 3.63) is 39.9 Å². The number of nitrogens with one attached hydrogen (secondary N) is 1. The Morgan fingerprint density at radius 1 is 1.45 bits per heavy atom. The van der Waals surface area contributed by atoms with Gasteiger partial charge in [0.15, 0.2) is 0 Å². The Morgan fingerprint density at radius 2 is 2.30 bits per heavy atom. The SMILES string of the molecule is CCCNC(=O)c1ccc2c(=O)n3c(nc2c1)CCC3. The second-order valence-corrected chi connectivity index (χ2v) is 5.08. The van der Waals surface area contributed by atoms with Gasteiger partial charge in [-0.25, -0.2) is 4.98 Å². The van der Waals surface area contributed by atoms with E-state index in [1.165, 1.54) is 0 Å². The van der Waals surface area contributed by atoms with Crippen LogP contribution in [0.15, 0.2) is 23.0 Å². The molecule has 1 aliphatic rings. The number of fused-ring (bicyclic) bond motifs is 2. The molecule has 0 saturated carbocycles. The molecule has 1 N–H and O–H groups in total. The molecular weight excluding hydrogens is 254 g/mol. The van der Waals surface area contributed by atoms with E-state index < -0.39 is 0 Å². The molecule has 0 atom stereocenters.